The van der Waals surface area contributed by atoms with Crippen LogP contribution in [0.25, 0.3) is 28.1 Å². The number of imidazole rings is 1. The molecule has 0 aliphatic carbocycles. The second-order valence-corrected chi connectivity index (χ2v) is 8.90. The van der Waals surface area contributed by atoms with Gasteiger partial charge in [-0.15, -0.1) is 5.10 Å². The van der Waals surface area contributed by atoms with Crippen molar-refractivity contribution in [2.75, 3.05) is 25.7 Å². The molecule has 9 heteroatoms. The van der Waals surface area contributed by atoms with E-state index in [2.05, 4.69) is 10.1 Å². The molecule has 3 aromatic heterocycles. The smallest absolute Gasteiger partial charge is 0.231 e. The Kier molecular flexibility index (Phi) is 4.68. The Morgan fingerprint density at radius 3 is 2.93 bits per heavy atom. The lowest BCUT2D eigenvalue weighted by Crippen LogP contribution is -2.08. The Balaban J connectivity index is 1.63. The largest absolute Gasteiger partial charge is 0.496 e. The number of methoxy groups -OCH3 is 1. The minimum Gasteiger partial charge on any atom is -0.496 e. The summed E-state index contributed by atoms with van der Waals surface area (Å²) in [6, 6.07) is 11.1. The molecule has 0 saturated carbocycles. The van der Waals surface area contributed by atoms with Crippen LogP contribution in [0.3, 0.4) is 0 Å². The van der Waals surface area contributed by atoms with E-state index >= 15 is 0 Å². The lowest BCUT2D eigenvalue weighted by atomic mass is 10.2. The van der Waals surface area contributed by atoms with Gasteiger partial charge in [-0.2, -0.15) is 0 Å². The molecule has 4 rings (SSSR count). The Hall–Kier alpha value is -3.07. The molecule has 8 nitrogen and oxygen atoms in total. The Bertz CT molecular complexity index is 1240. The van der Waals surface area contributed by atoms with Gasteiger partial charge >= 0.3 is 0 Å². The number of benzene rings is 1. The highest BCUT2D eigenvalue weighted by atomic mass is 32.2. The van der Waals surface area contributed by atoms with Crippen LogP contribution < -0.4 is 9.47 Å². The lowest BCUT2D eigenvalue weighted by molar-refractivity contribution is 0.301. The molecule has 0 aliphatic rings. The monoisotopic (exact) mass is 400 g/mol. The topological polar surface area (TPSA) is 103 Å². The summed E-state index contributed by atoms with van der Waals surface area (Å²) in [6.07, 6.45) is 3.65. The zero-order valence-corrected chi connectivity index (χ0v) is 16.4. The van der Waals surface area contributed by atoms with Crippen LogP contribution in [0.2, 0.25) is 0 Å². The molecule has 28 heavy (non-hydrogen) atoms. The molecule has 0 spiro atoms. The third-order valence-corrected chi connectivity index (χ3v) is 5.33. The van der Waals surface area contributed by atoms with Gasteiger partial charge in [-0.1, -0.05) is 6.07 Å². The fraction of sp³-hybridized carbons (Fsp3) is 0.263. The standard InChI is InChI=1S/C19H20N4O4S/c1-25-15-5-3-6-16-13(15)11-17(27-16)14-12-21-18-7-8-19(22-23(14)18)26-9-4-10-28(2,20)24/h3,5-8,11-12,20H,4,9-10H2,1-2H3/t28-/m0/s1. The van der Waals surface area contributed by atoms with Gasteiger partial charge in [-0.05, 0) is 30.7 Å². The first-order chi connectivity index (χ1) is 13.4. The second kappa shape index (κ2) is 7.16. The van der Waals surface area contributed by atoms with Gasteiger partial charge in [0.05, 0.1) is 25.3 Å². The van der Waals surface area contributed by atoms with E-state index < -0.39 is 9.73 Å². The van der Waals surface area contributed by atoms with E-state index in [1.165, 1.54) is 6.26 Å². The summed E-state index contributed by atoms with van der Waals surface area (Å²) in [6.45, 7) is 0.341. The predicted octanol–water partition coefficient (Wildman–Crippen LogP) is 3.60. The molecule has 1 N–H and O–H groups in total. The second-order valence-electron chi connectivity index (χ2n) is 6.48. The van der Waals surface area contributed by atoms with Crippen LogP contribution in [0.4, 0.5) is 0 Å². The van der Waals surface area contributed by atoms with Gasteiger partial charge in [0, 0.05) is 27.8 Å². The SMILES string of the molecule is COc1cccc2oc(-c3cnc4ccc(OCCC[S@@](C)(=N)=O)nn34)cc12. The third kappa shape index (κ3) is 3.65. The first kappa shape index (κ1) is 18.3. The van der Waals surface area contributed by atoms with E-state index in [4.69, 9.17) is 18.7 Å². The zero-order chi connectivity index (χ0) is 19.7. The summed E-state index contributed by atoms with van der Waals surface area (Å²) in [4.78, 5) is 4.37. The highest BCUT2D eigenvalue weighted by molar-refractivity contribution is 7.91. The maximum atomic E-state index is 11.4. The van der Waals surface area contributed by atoms with Crippen LogP contribution in [0, 0.1) is 4.78 Å². The lowest BCUT2D eigenvalue weighted by Gasteiger charge is -2.06. The van der Waals surface area contributed by atoms with Gasteiger partial charge in [0.25, 0.3) is 0 Å². The van der Waals surface area contributed by atoms with Crippen molar-refractivity contribution in [2.45, 2.75) is 6.42 Å². The van der Waals surface area contributed by atoms with E-state index in [9.17, 15) is 4.21 Å². The molecule has 146 valence electrons. The molecule has 0 saturated heterocycles. The van der Waals surface area contributed by atoms with Crippen molar-refractivity contribution in [1.29, 1.82) is 4.78 Å². The quantitative estimate of drug-likeness (QED) is 0.476. The normalized spacial score (nSPS) is 13.6. The number of hydrogen-bond donors (Lipinski definition) is 1. The Morgan fingerprint density at radius 1 is 1.29 bits per heavy atom. The van der Waals surface area contributed by atoms with E-state index in [1.54, 1.807) is 23.9 Å². The number of nitrogens with one attached hydrogen (secondary N) is 1. The number of nitrogens with zero attached hydrogens (tertiary/aromatic N) is 3. The van der Waals surface area contributed by atoms with E-state index in [0.717, 1.165) is 16.7 Å². The summed E-state index contributed by atoms with van der Waals surface area (Å²) < 4.78 is 37.5. The van der Waals surface area contributed by atoms with Crippen LogP contribution in [0.15, 0.2) is 47.0 Å². The molecule has 1 aromatic carbocycles. The van der Waals surface area contributed by atoms with Crippen molar-refractivity contribution in [3.63, 3.8) is 0 Å². The summed E-state index contributed by atoms with van der Waals surface area (Å²) in [5.74, 6) is 2.08. The summed E-state index contributed by atoms with van der Waals surface area (Å²) in [5.41, 5.74) is 2.08. The summed E-state index contributed by atoms with van der Waals surface area (Å²) in [5, 5.41) is 5.36. The number of furan rings is 1. The molecule has 4 aromatic rings. The number of hydrogen-bond acceptors (Lipinski definition) is 7. The minimum atomic E-state index is -2.50. The van der Waals surface area contributed by atoms with Crippen molar-refractivity contribution < 1.29 is 18.1 Å². The molecule has 3 heterocycles. The number of ether oxygens (including phenoxy) is 2. The molecule has 0 fully saturated rings. The molecule has 1 atom stereocenters. The van der Waals surface area contributed by atoms with E-state index in [-0.39, 0.29) is 0 Å². The van der Waals surface area contributed by atoms with Gasteiger partial charge in [0.2, 0.25) is 5.88 Å². The van der Waals surface area contributed by atoms with Crippen molar-refractivity contribution in [1.82, 2.24) is 14.6 Å². The van der Waals surface area contributed by atoms with E-state index in [0.29, 0.717) is 41.8 Å². The van der Waals surface area contributed by atoms with Crippen LogP contribution in [0.1, 0.15) is 6.42 Å². The first-order valence-corrected chi connectivity index (χ1v) is 10.8. The van der Waals surface area contributed by atoms with Gasteiger partial charge < -0.3 is 13.9 Å². The fourth-order valence-corrected chi connectivity index (χ4v) is 3.62. The van der Waals surface area contributed by atoms with Crippen molar-refractivity contribution in [3.05, 3.63) is 42.6 Å². The van der Waals surface area contributed by atoms with Crippen LogP contribution in [-0.2, 0) is 9.73 Å². The highest BCUT2D eigenvalue weighted by Crippen LogP contribution is 2.33. The van der Waals surface area contributed by atoms with E-state index in [1.807, 2.05) is 30.3 Å². The molecule has 0 unspecified atom stereocenters. The van der Waals surface area contributed by atoms with Crippen molar-refractivity contribution in [2.24, 2.45) is 0 Å². The third-order valence-electron chi connectivity index (χ3n) is 4.26. The van der Waals surface area contributed by atoms with Crippen molar-refractivity contribution >= 4 is 26.3 Å². The molecule has 0 amide bonds. The molecule has 0 bridgehead atoms. The average molecular weight is 400 g/mol. The van der Waals surface area contributed by atoms with Crippen LogP contribution >= 0.6 is 0 Å². The van der Waals surface area contributed by atoms with Crippen LogP contribution in [0.5, 0.6) is 11.6 Å². The van der Waals surface area contributed by atoms with Crippen molar-refractivity contribution in [3.8, 4) is 23.1 Å². The van der Waals surface area contributed by atoms with Gasteiger partial charge in [-0.25, -0.2) is 9.50 Å². The molecular weight excluding hydrogens is 380 g/mol. The highest BCUT2D eigenvalue weighted by Gasteiger charge is 2.15. The Morgan fingerprint density at radius 2 is 2.14 bits per heavy atom. The maximum absolute atomic E-state index is 11.4. The molecule has 0 aliphatic heterocycles. The molecule has 0 radical (unpaired) electrons. The maximum Gasteiger partial charge on any atom is 0.231 e. The molecular formula is C19H20N4O4S. The summed E-state index contributed by atoms with van der Waals surface area (Å²) >= 11 is 0. The van der Waals surface area contributed by atoms with Crippen LogP contribution in [-0.4, -0.2) is 44.5 Å². The summed E-state index contributed by atoms with van der Waals surface area (Å²) in [7, 11) is -0.880. The Labute approximate surface area is 162 Å². The zero-order valence-electron chi connectivity index (χ0n) is 15.5. The number of rotatable bonds is 7. The number of fused-ring (bicyclic) bond motifs is 2. The first-order valence-electron chi connectivity index (χ1n) is 8.70. The average Bonchev–Trinajstić information content (AvgIpc) is 3.27. The van der Waals surface area contributed by atoms with Gasteiger partial charge in [-0.3, -0.25) is 8.99 Å². The minimum absolute atomic E-state index is 0.298. The number of aromatic nitrogens is 3. The fourth-order valence-electron chi connectivity index (χ4n) is 2.95. The van der Waals surface area contributed by atoms with Gasteiger partial charge in [0.1, 0.15) is 17.0 Å². The van der Waals surface area contributed by atoms with Gasteiger partial charge in [0.15, 0.2) is 11.4 Å². The predicted molar refractivity (Wildman–Crippen MR) is 107 cm³/mol.